The largest absolute Gasteiger partial charge is 0.341 e. The van der Waals surface area contributed by atoms with Crippen molar-refractivity contribution in [2.75, 3.05) is 32.7 Å². The Morgan fingerprint density at radius 1 is 1.12 bits per heavy atom. The Balaban J connectivity index is 1.43. The summed E-state index contributed by atoms with van der Waals surface area (Å²) in [4.78, 5) is 31.8. The van der Waals surface area contributed by atoms with Gasteiger partial charge in [0.25, 0.3) is 0 Å². The molecule has 0 aliphatic carbocycles. The lowest BCUT2D eigenvalue weighted by atomic mass is 9.93. The average Bonchev–Trinajstić information content (AvgIpc) is 3.15. The second kappa shape index (κ2) is 7.59. The molecular formula is C17H23FN4O2. The third-order valence-electron chi connectivity index (χ3n) is 4.80. The van der Waals surface area contributed by atoms with E-state index in [1.165, 1.54) is 12.3 Å². The Morgan fingerprint density at radius 2 is 1.83 bits per heavy atom. The minimum Gasteiger partial charge on any atom is -0.341 e. The highest BCUT2D eigenvalue weighted by atomic mass is 19.1. The molecule has 1 aromatic rings. The fraction of sp³-hybridized carbons (Fsp3) is 0.588. The summed E-state index contributed by atoms with van der Waals surface area (Å²) in [5.41, 5.74) is 0.880. The summed E-state index contributed by atoms with van der Waals surface area (Å²) in [7, 11) is 0. The van der Waals surface area contributed by atoms with Crippen molar-refractivity contribution in [3.8, 4) is 0 Å². The fourth-order valence-electron chi connectivity index (χ4n) is 3.35. The molecule has 6 nitrogen and oxygen atoms in total. The van der Waals surface area contributed by atoms with Gasteiger partial charge < -0.3 is 15.1 Å². The molecule has 0 spiro atoms. The minimum absolute atomic E-state index is 0.0481. The van der Waals surface area contributed by atoms with Crippen LogP contribution in [0.5, 0.6) is 0 Å². The van der Waals surface area contributed by atoms with Crippen LogP contribution in [0.15, 0.2) is 18.3 Å². The van der Waals surface area contributed by atoms with E-state index in [2.05, 4.69) is 10.3 Å². The number of halogens is 1. The number of urea groups is 1. The van der Waals surface area contributed by atoms with Gasteiger partial charge in [0.15, 0.2) is 0 Å². The maximum Gasteiger partial charge on any atom is 0.317 e. The van der Waals surface area contributed by atoms with Crippen molar-refractivity contribution in [2.24, 2.45) is 0 Å². The quantitative estimate of drug-likeness (QED) is 0.915. The summed E-state index contributed by atoms with van der Waals surface area (Å²) in [6.45, 7) is 2.88. The van der Waals surface area contributed by atoms with Gasteiger partial charge in [-0.3, -0.25) is 9.78 Å². The van der Waals surface area contributed by atoms with Gasteiger partial charge in [0, 0.05) is 37.8 Å². The fourth-order valence-corrected chi connectivity index (χ4v) is 3.35. The highest BCUT2D eigenvalue weighted by Gasteiger charge is 2.25. The molecule has 0 atom stereocenters. The first-order valence-electron chi connectivity index (χ1n) is 8.55. The Morgan fingerprint density at radius 3 is 2.46 bits per heavy atom. The van der Waals surface area contributed by atoms with Gasteiger partial charge in [-0.2, -0.15) is 0 Å². The van der Waals surface area contributed by atoms with Crippen LogP contribution >= 0.6 is 0 Å². The summed E-state index contributed by atoms with van der Waals surface area (Å²) in [5.74, 6) is -0.123. The van der Waals surface area contributed by atoms with E-state index < -0.39 is 0 Å². The van der Waals surface area contributed by atoms with Crippen LogP contribution in [-0.4, -0.2) is 59.4 Å². The predicted octanol–water partition coefficient (Wildman–Crippen LogP) is 1.73. The van der Waals surface area contributed by atoms with Gasteiger partial charge in [0.05, 0.1) is 12.7 Å². The molecule has 2 fully saturated rings. The highest BCUT2D eigenvalue weighted by molar-refractivity contribution is 5.84. The molecule has 2 aliphatic rings. The molecule has 7 heteroatoms. The number of hydrogen-bond acceptors (Lipinski definition) is 3. The number of carbonyl (C=O) groups is 2. The van der Waals surface area contributed by atoms with E-state index >= 15 is 0 Å². The molecule has 1 aromatic heterocycles. The van der Waals surface area contributed by atoms with Crippen molar-refractivity contribution < 1.29 is 14.0 Å². The van der Waals surface area contributed by atoms with Crippen LogP contribution in [0, 0.1) is 5.82 Å². The number of nitrogens with one attached hydrogen (secondary N) is 1. The molecule has 130 valence electrons. The first-order chi connectivity index (χ1) is 11.6. The van der Waals surface area contributed by atoms with Gasteiger partial charge in [0.1, 0.15) is 5.82 Å². The first-order valence-corrected chi connectivity index (χ1v) is 8.55. The zero-order valence-electron chi connectivity index (χ0n) is 13.7. The Hall–Kier alpha value is -2.18. The van der Waals surface area contributed by atoms with E-state index in [9.17, 15) is 14.0 Å². The Kier molecular flexibility index (Phi) is 5.27. The van der Waals surface area contributed by atoms with Crippen LogP contribution in [-0.2, 0) is 4.79 Å². The lowest BCUT2D eigenvalue weighted by Crippen LogP contribution is -2.46. The van der Waals surface area contributed by atoms with E-state index in [1.807, 2.05) is 0 Å². The van der Waals surface area contributed by atoms with Crippen LogP contribution in [0.4, 0.5) is 9.18 Å². The normalized spacial score (nSPS) is 18.7. The van der Waals surface area contributed by atoms with Crippen LogP contribution in [0.1, 0.15) is 37.3 Å². The topological polar surface area (TPSA) is 65.5 Å². The van der Waals surface area contributed by atoms with Gasteiger partial charge in [-0.05, 0) is 37.8 Å². The van der Waals surface area contributed by atoms with Crippen molar-refractivity contribution in [1.82, 2.24) is 20.1 Å². The second-order valence-electron chi connectivity index (χ2n) is 6.41. The zero-order valence-corrected chi connectivity index (χ0v) is 13.7. The standard InChI is InChI=1S/C17H23FN4O2/c18-14-3-4-15(19-11-14)13-5-9-21(10-6-13)16(23)12-20-17(24)22-7-1-2-8-22/h3-4,11,13H,1-2,5-10,12H2,(H,20,24). The van der Waals surface area contributed by atoms with E-state index in [-0.39, 0.29) is 30.2 Å². The number of nitrogens with zero attached hydrogens (tertiary/aromatic N) is 3. The number of pyridine rings is 1. The molecule has 0 radical (unpaired) electrons. The number of piperidine rings is 1. The number of rotatable bonds is 3. The van der Waals surface area contributed by atoms with Gasteiger partial charge in [-0.1, -0.05) is 0 Å². The summed E-state index contributed by atoms with van der Waals surface area (Å²) in [5, 5.41) is 2.71. The monoisotopic (exact) mass is 334 g/mol. The smallest absolute Gasteiger partial charge is 0.317 e. The molecular weight excluding hydrogens is 311 g/mol. The van der Waals surface area contributed by atoms with Crippen molar-refractivity contribution in [2.45, 2.75) is 31.6 Å². The number of amides is 3. The molecule has 0 saturated carbocycles. The molecule has 3 heterocycles. The molecule has 24 heavy (non-hydrogen) atoms. The van der Waals surface area contributed by atoms with Crippen molar-refractivity contribution >= 4 is 11.9 Å². The van der Waals surface area contributed by atoms with E-state index in [0.717, 1.165) is 44.5 Å². The summed E-state index contributed by atoms with van der Waals surface area (Å²) < 4.78 is 12.9. The third-order valence-corrected chi connectivity index (χ3v) is 4.80. The average molecular weight is 334 g/mol. The van der Waals surface area contributed by atoms with Gasteiger partial charge in [0.2, 0.25) is 5.91 Å². The zero-order chi connectivity index (χ0) is 16.9. The minimum atomic E-state index is -0.333. The molecule has 0 bridgehead atoms. The number of carbonyl (C=O) groups excluding carboxylic acids is 2. The summed E-state index contributed by atoms with van der Waals surface area (Å²) >= 11 is 0. The van der Waals surface area contributed by atoms with Crippen LogP contribution in [0.2, 0.25) is 0 Å². The predicted molar refractivity (Wildman–Crippen MR) is 87.0 cm³/mol. The Bertz CT molecular complexity index is 579. The Labute approximate surface area is 141 Å². The molecule has 3 rings (SSSR count). The highest BCUT2D eigenvalue weighted by Crippen LogP contribution is 2.26. The van der Waals surface area contributed by atoms with Crippen LogP contribution in [0.25, 0.3) is 0 Å². The van der Waals surface area contributed by atoms with Gasteiger partial charge in [-0.25, -0.2) is 9.18 Å². The summed E-state index contributed by atoms with van der Waals surface area (Å²) in [6, 6.07) is 2.99. The van der Waals surface area contributed by atoms with Gasteiger partial charge in [-0.15, -0.1) is 0 Å². The molecule has 2 saturated heterocycles. The molecule has 0 aromatic carbocycles. The van der Waals surface area contributed by atoms with Gasteiger partial charge >= 0.3 is 6.03 Å². The summed E-state index contributed by atoms with van der Waals surface area (Å²) in [6.07, 6.45) is 4.92. The number of likely N-dealkylation sites (tertiary alicyclic amines) is 2. The molecule has 3 amide bonds. The van der Waals surface area contributed by atoms with Crippen molar-refractivity contribution in [3.05, 3.63) is 29.8 Å². The number of hydrogen-bond donors (Lipinski definition) is 1. The van der Waals surface area contributed by atoms with Crippen LogP contribution in [0.3, 0.4) is 0 Å². The first kappa shape index (κ1) is 16.7. The number of aromatic nitrogens is 1. The van der Waals surface area contributed by atoms with E-state index in [1.54, 1.807) is 15.9 Å². The second-order valence-corrected chi connectivity index (χ2v) is 6.41. The van der Waals surface area contributed by atoms with E-state index in [0.29, 0.717) is 13.1 Å². The lowest BCUT2D eigenvalue weighted by Gasteiger charge is -2.32. The SMILES string of the molecule is O=C(CNC(=O)N1CCCC1)N1CCC(c2ccc(F)cn2)CC1. The van der Waals surface area contributed by atoms with Crippen LogP contribution < -0.4 is 5.32 Å². The van der Waals surface area contributed by atoms with Crippen molar-refractivity contribution in [3.63, 3.8) is 0 Å². The maximum absolute atomic E-state index is 12.9. The van der Waals surface area contributed by atoms with E-state index in [4.69, 9.17) is 0 Å². The molecule has 2 aliphatic heterocycles. The lowest BCUT2D eigenvalue weighted by molar-refractivity contribution is -0.131. The molecule has 0 unspecified atom stereocenters. The third kappa shape index (κ3) is 4.01. The molecule has 1 N–H and O–H groups in total. The maximum atomic E-state index is 12.9. The van der Waals surface area contributed by atoms with Crippen molar-refractivity contribution in [1.29, 1.82) is 0 Å².